The molecule has 0 saturated carbocycles. The van der Waals surface area contributed by atoms with Crippen LogP contribution in [-0.2, 0) is 6.54 Å². The summed E-state index contributed by atoms with van der Waals surface area (Å²) in [6.07, 6.45) is 5.18. The molecule has 1 nitrogen and oxygen atoms in total. The average molecular weight is 319 g/mol. The molecule has 0 heterocycles. The van der Waals surface area contributed by atoms with Crippen molar-refractivity contribution in [2.45, 2.75) is 52.1 Å². The van der Waals surface area contributed by atoms with Crippen molar-refractivity contribution in [1.29, 1.82) is 0 Å². The molecule has 0 bridgehead atoms. The average Bonchev–Trinajstić information content (AvgIpc) is 2.31. The van der Waals surface area contributed by atoms with Gasteiger partial charge in [-0.1, -0.05) is 43.9 Å². The molecule has 1 unspecified atom stereocenters. The summed E-state index contributed by atoms with van der Waals surface area (Å²) >= 11 is 9.46. The van der Waals surface area contributed by atoms with Gasteiger partial charge in [0.15, 0.2) is 0 Å². The van der Waals surface area contributed by atoms with E-state index in [2.05, 4.69) is 41.2 Å². The molecule has 0 aliphatic carbocycles. The molecule has 1 rings (SSSR count). The van der Waals surface area contributed by atoms with E-state index in [4.69, 9.17) is 11.6 Å². The Morgan fingerprint density at radius 2 is 2.12 bits per heavy atom. The molecule has 0 amide bonds. The molecule has 1 aromatic carbocycles. The van der Waals surface area contributed by atoms with Crippen LogP contribution >= 0.6 is 27.5 Å². The highest BCUT2D eigenvalue weighted by Crippen LogP contribution is 2.23. The summed E-state index contributed by atoms with van der Waals surface area (Å²) in [5.74, 6) is 0. The highest BCUT2D eigenvalue weighted by atomic mass is 79.9. The predicted molar refractivity (Wildman–Crippen MR) is 79.6 cm³/mol. The van der Waals surface area contributed by atoms with Crippen molar-refractivity contribution < 1.29 is 0 Å². The van der Waals surface area contributed by atoms with Crippen molar-refractivity contribution in [3.63, 3.8) is 0 Å². The second kappa shape index (κ2) is 8.12. The minimum atomic E-state index is 0.573. The Bertz CT molecular complexity index is 341. The van der Waals surface area contributed by atoms with Crippen molar-refractivity contribution in [3.05, 3.63) is 33.3 Å². The third-order valence-corrected chi connectivity index (χ3v) is 4.11. The van der Waals surface area contributed by atoms with Crippen LogP contribution < -0.4 is 5.32 Å². The van der Waals surface area contributed by atoms with E-state index in [-0.39, 0.29) is 0 Å². The Balaban J connectivity index is 2.31. The molecular weight excluding hydrogens is 298 g/mol. The number of benzene rings is 1. The number of hydrogen-bond donors (Lipinski definition) is 1. The van der Waals surface area contributed by atoms with Crippen LogP contribution in [0.1, 0.15) is 45.1 Å². The summed E-state index contributed by atoms with van der Waals surface area (Å²) in [5.41, 5.74) is 1.24. The van der Waals surface area contributed by atoms with Gasteiger partial charge in [-0.25, -0.2) is 0 Å². The first-order chi connectivity index (χ1) is 8.13. The maximum absolute atomic E-state index is 6.06. The molecule has 0 spiro atoms. The largest absolute Gasteiger partial charge is 0.310 e. The number of unbranched alkanes of at least 4 members (excludes halogenated alkanes) is 2. The van der Waals surface area contributed by atoms with Crippen molar-refractivity contribution in [2.24, 2.45) is 0 Å². The summed E-state index contributed by atoms with van der Waals surface area (Å²) < 4.78 is 0.957. The molecule has 0 saturated heterocycles. The van der Waals surface area contributed by atoms with Gasteiger partial charge in [-0.15, -0.1) is 0 Å². The fraction of sp³-hybridized carbons (Fsp3) is 0.571. The number of halogens is 2. The third-order valence-electron chi connectivity index (χ3n) is 2.88. The Labute approximate surface area is 118 Å². The van der Waals surface area contributed by atoms with E-state index in [0.29, 0.717) is 6.04 Å². The van der Waals surface area contributed by atoms with Gasteiger partial charge in [-0.2, -0.15) is 0 Å². The van der Waals surface area contributed by atoms with Crippen LogP contribution in [0.2, 0.25) is 5.02 Å². The van der Waals surface area contributed by atoms with Crippen molar-refractivity contribution >= 4 is 27.5 Å². The van der Waals surface area contributed by atoms with Gasteiger partial charge in [0.25, 0.3) is 0 Å². The van der Waals surface area contributed by atoms with Crippen LogP contribution in [0, 0.1) is 0 Å². The zero-order valence-electron chi connectivity index (χ0n) is 10.6. The number of hydrogen-bond acceptors (Lipinski definition) is 1. The van der Waals surface area contributed by atoms with Crippen LogP contribution in [0.3, 0.4) is 0 Å². The van der Waals surface area contributed by atoms with Gasteiger partial charge in [0, 0.05) is 17.1 Å². The maximum Gasteiger partial charge on any atom is 0.0551 e. The first-order valence-electron chi connectivity index (χ1n) is 6.30. The van der Waals surface area contributed by atoms with Gasteiger partial charge in [0.05, 0.1) is 5.02 Å². The van der Waals surface area contributed by atoms with E-state index in [1.54, 1.807) is 0 Å². The van der Waals surface area contributed by atoms with Crippen LogP contribution in [0.15, 0.2) is 22.7 Å². The lowest BCUT2D eigenvalue weighted by Gasteiger charge is -2.13. The second-order valence-corrected chi connectivity index (χ2v) is 5.79. The Hall–Kier alpha value is -0.0500. The summed E-state index contributed by atoms with van der Waals surface area (Å²) in [6.45, 7) is 5.37. The van der Waals surface area contributed by atoms with E-state index >= 15 is 0 Å². The zero-order chi connectivity index (χ0) is 12.7. The first-order valence-corrected chi connectivity index (χ1v) is 7.48. The smallest absolute Gasteiger partial charge is 0.0551 e. The normalized spacial score (nSPS) is 12.7. The van der Waals surface area contributed by atoms with Crippen LogP contribution in [0.25, 0.3) is 0 Å². The highest BCUT2D eigenvalue weighted by Gasteiger charge is 2.03. The predicted octanol–water partition coefficient (Wildman–Crippen LogP) is 5.16. The molecule has 3 heteroatoms. The van der Waals surface area contributed by atoms with Gasteiger partial charge < -0.3 is 5.32 Å². The Kier molecular flexibility index (Phi) is 7.17. The molecule has 1 aromatic rings. The van der Waals surface area contributed by atoms with Crippen molar-refractivity contribution in [1.82, 2.24) is 5.32 Å². The topological polar surface area (TPSA) is 12.0 Å². The summed E-state index contributed by atoms with van der Waals surface area (Å²) in [7, 11) is 0. The Morgan fingerprint density at radius 3 is 2.76 bits per heavy atom. The fourth-order valence-corrected chi connectivity index (χ4v) is 2.19. The van der Waals surface area contributed by atoms with E-state index < -0.39 is 0 Å². The van der Waals surface area contributed by atoms with E-state index in [9.17, 15) is 0 Å². The van der Waals surface area contributed by atoms with E-state index in [0.717, 1.165) is 16.0 Å². The molecule has 0 radical (unpaired) electrons. The van der Waals surface area contributed by atoms with Crippen LogP contribution in [-0.4, -0.2) is 6.04 Å². The van der Waals surface area contributed by atoms with Crippen LogP contribution in [0.5, 0.6) is 0 Å². The second-order valence-electron chi connectivity index (χ2n) is 4.53. The molecule has 0 fully saturated rings. The minimum absolute atomic E-state index is 0.573. The lowest BCUT2D eigenvalue weighted by Crippen LogP contribution is -2.25. The number of nitrogens with one attached hydrogen (secondary N) is 1. The molecule has 1 N–H and O–H groups in total. The first kappa shape index (κ1) is 15.0. The minimum Gasteiger partial charge on any atom is -0.310 e. The summed E-state index contributed by atoms with van der Waals surface area (Å²) in [6, 6.07) is 6.68. The van der Waals surface area contributed by atoms with Gasteiger partial charge in [-0.3, -0.25) is 0 Å². The maximum atomic E-state index is 6.06. The molecular formula is C14H21BrClN. The Morgan fingerprint density at radius 1 is 1.35 bits per heavy atom. The molecule has 17 heavy (non-hydrogen) atoms. The molecule has 0 aliphatic heterocycles. The van der Waals surface area contributed by atoms with E-state index in [1.165, 1.54) is 31.2 Å². The quantitative estimate of drug-likeness (QED) is 0.685. The third kappa shape index (κ3) is 5.89. The molecule has 0 aliphatic rings. The SMILES string of the molecule is CCCCCC(C)NCc1ccc(Br)c(Cl)c1. The monoisotopic (exact) mass is 317 g/mol. The zero-order valence-corrected chi connectivity index (χ0v) is 12.9. The van der Waals surface area contributed by atoms with Crippen molar-refractivity contribution in [3.8, 4) is 0 Å². The lowest BCUT2D eigenvalue weighted by atomic mass is 10.1. The van der Waals surface area contributed by atoms with Gasteiger partial charge in [0.1, 0.15) is 0 Å². The summed E-state index contributed by atoms with van der Waals surface area (Å²) in [5, 5.41) is 4.31. The lowest BCUT2D eigenvalue weighted by molar-refractivity contribution is 0.487. The summed E-state index contributed by atoms with van der Waals surface area (Å²) in [4.78, 5) is 0. The van der Waals surface area contributed by atoms with E-state index in [1.807, 2.05) is 12.1 Å². The molecule has 96 valence electrons. The molecule has 1 atom stereocenters. The van der Waals surface area contributed by atoms with Gasteiger partial charge in [0.2, 0.25) is 0 Å². The molecule has 0 aromatic heterocycles. The van der Waals surface area contributed by atoms with Gasteiger partial charge in [-0.05, 0) is 47.0 Å². The fourth-order valence-electron chi connectivity index (χ4n) is 1.74. The number of rotatable bonds is 7. The van der Waals surface area contributed by atoms with Gasteiger partial charge >= 0.3 is 0 Å². The highest BCUT2D eigenvalue weighted by molar-refractivity contribution is 9.10. The standard InChI is InChI=1S/C14H21BrClN/c1-3-4-5-6-11(2)17-10-12-7-8-13(15)14(16)9-12/h7-9,11,17H,3-6,10H2,1-2H3. The van der Waals surface area contributed by atoms with Crippen LogP contribution in [0.4, 0.5) is 0 Å². The van der Waals surface area contributed by atoms with Crippen molar-refractivity contribution in [2.75, 3.05) is 0 Å².